The van der Waals surface area contributed by atoms with Crippen LogP contribution in [0.25, 0.3) is 5.57 Å². The van der Waals surface area contributed by atoms with Crippen molar-refractivity contribution in [3.8, 4) is 5.75 Å². The second-order valence-corrected chi connectivity index (χ2v) is 5.41. The average molecular weight is 295 g/mol. The number of halogens is 1. The molecule has 0 spiro atoms. The first-order valence-corrected chi connectivity index (χ1v) is 7.18. The largest absolute Gasteiger partial charge is 0.504 e. The molecule has 0 aliphatic carbocycles. The van der Waals surface area contributed by atoms with Crippen LogP contribution in [0.1, 0.15) is 12.0 Å². The summed E-state index contributed by atoms with van der Waals surface area (Å²) in [4.78, 5) is 8.83. The number of aromatic hydroxyl groups is 1. The predicted octanol–water partition coefficient (Wildman–Crippen LogP) is 2.03. The first-order chi connectivity index (χ1) is 10.7. The highest BCUT2D eigenvalue weighted by Gasteiger charge is 2.18. The van der Waals surface area contributed by atoms with Crippen molar-refractivity contribution in [3.05, 3.63) is 52.3 Å². The number of nitrogens with one attached hydrogen (secondary N) is 1. The SMILES string of the molecule is Oc1c(NCc2ccc(F)cc2)cc2c3c1N=CC=3CCN=2. The molecule has 0 aromatic heterocycles. The third kappa shape index (κ3) is 2.06. The van der Waals surface area contributed by atoms with Gasteiger partial charge in [0, 0.05) is 24.5 Å². The number of aliphatic imine (C=N–C) groups is 1. The summed E-state index contributed by atoms with van der Waals surface area (Å²) in [6.07, 6.45) is 2.68. The number of hydrogen-bond acceptors (Lipinski definition) is 4. The molecule has 0 saturated heterocycles. The number of nitrogens with zero attached hydrogens (tertiary/aromatic N) is 2. The lowest BCUT2D eigenvalue weighted by atomic mass is 10.1. The van der Waals surface area contributed by atoms with Crippen molar-refractivity contribution in [2.45, 2.75) is 13.0 Å². The average Bonchev–Trinajstić information content (AvgIpc) is 2.97. The molecule has 4 rings (SSSR count). The zero-order chi connectivity index (χ0) is 15.1. The fraction of sp³-hybridized carbons (Fsp3) is 0.176. The van der Waals surface area contributed by atoms with E-state index in [1.807, 2.05) is 12.3 Å². The van der Waals surface area contributed by atoms with E-state index >= 15 is 0 Å². The summed E-state index contributed by atoms with van der Waals surface area (Å²) >= 11 is 0. The van der Waals surface area contributed by atoms with Gasteiger partial charge in [0.25, 0.3) is 0 Å². The van der Waals surface area contributed by atoms with E-state index in [0.717, 1.165) is 34.7 Å². The molecule has 0 unspecified atom stereocenters. The monoisotopic (exact) mass is 295 g/mol. The molecule has 0 fully saturated rings. The molecule has 0 amide bonds. The highest BCUT2D eigenvalue weighted by atomic mass is 19.1. The molecule has 2 aliphatic heterocycles. The van der Waals surface area contributed by atoms with Gasteiger partial charge >= 0.3 is 0 Å². The molecule has 0 saturated carbocycles. The molecule has 110 valence electrons. The molecule has 4 nitrogen and oxygen atoms in total. The van der Waals surface area contributed by atoms with Gasteiger partial charge in [-0.3, -0.25) is 9.98 Å². The second kappa shape index (κ2) is 4.94. The van der Waals surface area contributed by atoms with Crippen molar-refractivity contribution in [2.75, 3.05) is 11.9 Å². The second-order valence-electron chi connectivity index (χ2n) is 5.41. The van der Waals surface area contributed by atoms with Crippen molar-refractivity contribution >= 4 is 23.2 Å². The maximum atomic E-state index is 12.9. The summed E-state index contributed by atoms with van der Waals surface area (Å²) in [5.74, 6) is -0.117. The molecular formula is C17H14FN3O. The quantitative estimate of drug-likeness (QED) is 0.851. The van der Waals surface area contributed by atoms with E-state index in [-0.39, 0.29) is 11.6 Å². The van der Waals surface area contributed by atoms with Gasteiger partial charge in [0.2, 0.25) is 0 Å². The van der Waals surface area contributed by atoms with Crippen LogP contribution in [0.4, 0.5) is 15.8 Å². The molecule has 5 heteroatoms. The van der Waals surface area contributed by atoms with Crippen LogP contribution in [-0.2, 0) is 6.54 Å². The summed E-state index contributed by atoms with van der Waals surface area (Å²) in [7, 11) is 0. The third-order valence-electron chi connectivity index (χ3n) is 3.98. The van der Waals surface area contributed by atoms with Crippen LogP contribution in [0.15, 0.2) is 40.3 Å². The predicted molar refractivity (Wildman–Crippen MR) is 83.7 cm³/mol. The highest BCUT2D eigenvalue weighted by molar-refractivity contribution is 6.08. The number of rotatable bonds is 3. The maximum absolute atomic E-state index is 12.9. The smallest absolute Gasteiger partial charge is 0.165 e. The van der Waals surface area contributed by atoms with Crippen molar-refractivity contribution < 1.29 is 9.50 Å². The fourth-order valence-electron chi connectivity index (χ4n) is 2.84. The van der Waals surface area contributed by atoms with E-state index in [4.69, 9.17) is 0 Å². The Morgan fingerprint density at radius 3 is 2.86 bits per heavy atom. The lowest BCUT2D eigenvalue weighted by molar-refractivity contribution is 0.478. The Hall–Kier alpha value is -2.69. The van der Waals surface area contributed by atoms with Crippen molar-refractivity contribution in [3.63, 3.8) is 0 Å². The van der Waals surface area contributed by atoms with Crippen molar-refractivity contribution in [2.24, 2.45) is 9.98 Å². The first-order valence-electron chi connectivity index (χ1n) is 7.18. The van der Waals surface area contributed by atoms with Crippen LogP contribution >= 0.6 is 0 Å². The van der Waals surface area contributed by atoms with Gasteiger partial charge in [-0.1, -0.05) is 12.1 Å². The number of anilines is 1. The molecule has 0 atom stereocenters. The number of hydrogen-bond donors (Lipinski definition) is 2. The number of phenolic OH excluding ortho intramolecular Hbond substituents is 1. The maximum Gasteiger partial charge on any atom is 0.165 e. The van der Waals surface area contributed by atoms with Crippen LogP contribution in [0.5, 0.6) is 5.75 Å². The van der Waals surface area contributed by atoms with Gasteiger partial charge in [-0.2, -0.15) is 0 Å². The van der Waals surface area contributed by atoms with Gasteiger partial charge < -0.3 is 10.4 Å². The Kier molecular flexibility index (Phi) is 2.92. The lowest BCUT2D eigenvalue weighted by Gasteiger charge is -2.12. The normalized spacial score (nSPS) is 14.7. The van der Waals surface area contributed by atoms with Crippen molar-refractivity contribution in [1.82, 2.24) is 0 Å². The summed E-state index contributed by atoms with van der Waals surface area (Å²) in [5.41, 5.74) is 3.27. The molecule has 2 heterocycles. The van der Waals surface area contributed by atoms with Gasteiger partial charge in [-0.05, 0) is 35.8 Å². The van der Waals surface area contributed by atoms with Crippen LogP contribution in [0.2, 0.25) is 0 Å². The summed E-state index contributed by atoms with van der Waals surface area (Å²) in [5, 5.41) is 15.4. The third-order valence-corrected chi connectivity index (χ3v) is 3.98. The zero-order valence-electron chi connectivity index (χ0n) is 11.8. The van der Waals surface area contributed by atoms with Gasteiger partial charge in [-0.25, -0.2) is 4.39 Å². The van der Waals surface area contributed by atoms with Gasteiger partial charge in [0.05, 0.1) is 11.0 Å². The van der Waals surface area contributed by atoms with E-state index in [2.05, 4.69) is 15.3 Å². The minimum Gasteiger partial charge on any atom is -0.504 e. The fourth-order valence-corrected chi connectivity index (χ4v) is 2.84. The summed E-state index contributed by atoms with van der Waals surface area (Å²) in [6.45, 7) is 1.24. The molecule has 2 aromatic carbocycles. The Labute approximate surface area is 126 Å². The van der Waals surface area contributed by atoms with Crippen LogP contribution in [0.3, 0.4) is 0 Å². The first kappa shape index (κ1) is 13.0. The summed E-state index contributed by atoms with van der Waals surface area (Å²) < 4.78 is 12.9. The molecule has 22 heavy (non-hydrogen) atoms. The molecule has 0 bridgehead atoms. The number of benzene rings is 2. The minimum atomic E-state index is -0.259. The van der Waals surface area contributed by atoms with Gasteiger partial charge in [0.15, 0.2) is 5.75 Å². The Balaban J connectivity index is 1.70. The van der Waals surface area contributed by atoms with Crippen molar-refractivity contribution in [1.29, 1.82) is 0 Å². The minimum absolute atomic E-state index is 0.143. The van der Waals surface area contributed by atoms with Crippen LogP contribution in [-0.4, -0.2) is 17.9 Å². The van der Waals surface area contributed by atoms with E-state index in [0.29, 0.717) is 17.9 Å². The van der Waals surface area contributed by atoms with Crippen LogP contribution < -0.4 is 15.9 Å². The number of phenols is 1. The molecule has 2 aliphatic rings. The standard InChI is InChI=1S/C17H14FN3O/c18-12-3-1-10(2-4-12)8-20-14-7-13-15-11(5-6-19-13)9-21-16(15)17(14)22/h1-4,7,9,20,22H,5-6,8H2. The molecular weight excluding hydrogens is 281 g/mol. The molecule has 2 N–H and O–H groups in total. The van der Waals surface area contributed by atoms with Gasteiger partial charge in [0.1, 0.15) is 11.5 Å². The van der Waals surface area contributed by atoms with E-state index in [9.17, 15) is 9.50 Å². The lowest BCUT2D eigenvalue weighted by Crippen LogP contribution is -2.30. The molecule has 2 aromatic rings. The summed E-state index contributed by atoms with van der Waals surface area (Å²) in [6, 6.07) is 8.12. The van der Waals surface area contributed by atoms with E-state index < -0.39 is 0 Å². The van der Waals surface area contributed by atoms with E-state index in [1.54, 1.807) is 12.1 Å². The van der Waals surface area contributed by atoms with Crippen LogP contribution in [0, 0.1) is 5.82 Å². The Morgan fingerprint density at radius 1 is 1.23 bits per heavy atom. The Morgan fingerprint density at radius 2 is 2.05 bits per heavy atom. The topological polar surface area (TPSA) is 57.0 Å². The highest BCUT2D eigenvalue weighted by Crippen LogP contribution is 2.33. The molecule has 0 radical (unpaired) electrons. The van der Waals surface area contributed by atoms with Gasteiger partial charge in [-0.15, -0.1) is 0 Å². The zero-order valence-corrected chi connectivity index (χ0v) is 11.8. The van der Waals surface area contributed by atoms with E-state index in [1.165, 1.54) is 12.1 Å². The Bertz CT molecular complexity index is 901.